The highest BCUT2D eigenvalue weighted by Gasteiger charge is 2.25. The smallest absolute Gasteiger partial charge is 0.300 e. The summed E-state index contributed by atoms with van der Waals surface area (Å²) < 4.78 is 0. The van der Waals surface area contributed by atoms with E-state index in [-0.39, 0.29) is 12.5 Å². The van der Waals surface area contributed by atoms with Crippen molar-refractivity contribution in [1.29, 1.82) is 0 Å². The minimum absolute atomic E-state index is 0.0250. The van der Waals surface area contributed by atoms with E-state index in [1.54, 1.807) is 0 Å². The van der Waals surface area contributed by atoms with Crippen molar-refractivity contribution in [3.8, 4) is 0 Å². The minimum Gasteiger partial charge on any atom is -0.347 e. The predicted molar refractivity (Wildman–Crippen MR) is 60.2 cm³/mol. The topological polar surface area (TPSA) is 33.5 Å². The van der Waals surface area contributed by atoms with Gasteiger partial charge in [0.2, 0.25) is 0 Å². The summed E-state index contributed by atoms with van der Waals surface area (Å²) >= 11 is 0. The third-order valence-corrected chi connectivity index (χ3v) is 3.25. The van der Waals surface area contributed by atoms with E-state index in [9.17, 15) is 4.79 Å². The van der Waals surface area contributed by atoms with Crippen LogP contribution in [0.4, 0.5) is 0 Å². The largest absolute Gasteiger partial charge is 0.347 e. The molecule has 0 aliphatic heterocycles. The van der Waals surface area contributed by atoms with E-state index in [2.05, 4.69) is 24.0 Å². The molecule has 3 nitrogen and oxygen atoms in total. The summed E-state index contributed by atoms with van der Waals surface area (Å²) in [6, 6.07) is 0.306. The normalized spacial score (nSPS) is 26.0. The second kappa shape index (κ2) is 5.75. The molecule has 0 aromatic heterocycles. The lowest BCUT2D eigenvalue weighted by Gasteiger charge is -2.31. The molecular weight excluding hydrogens is 188 g/mol. The third kappa shape index (κ3) is 3.91. The zero-order chi connectivity index (χ0) is 11.3. The number of carbonyl (C=O) groups excluding carboxylic acids is 1. The summed E-state index contributed by atoms with van der Waals surface area (Å²) in [5.74, 6) is 1.32. The Labute approximate surface area is 92.1 Å². The first-order valence-electron chi connectivity index (χ1n) is 5.76. The number of rotatable bonds is 3. The molecular formula is C12H20N2O. The highest BCUT2D eigenvalue weighted by atomic mass is 16.1. The lowest BCUT2D eigenvalue weighted by Crippen LogP contribution is -2.40. The van der Waals surface area contributed by atoms with Gasteiger partial charge in [0.15, 0.2) is 0 Å². The van der Waals surface area contributed by atoms with Crippen molar-refractivity contribution in [3.05, 3.63) is 11.4 Å². The number of carbonyl (C=O) groups is 1. The van der Waals surface area contributed by atoms with Gasteiger partial charge in [-0.1, -0.05) is 26.7 Å². The molecule has 2 atom stereocenters. The first-order chi connectivity index (χ1) is 7.13. The van der Waals surface area contributed by atoms with Gasteiger partial charge in [-0.15, -0.1) is 0 Å². The van der Waals surface area contributed by atoms with E-state index in [1.807, 2.05) is 0 Å². The van der Waals surface area contributed by atoms with E-state index in [0.29, 0.717) is 12.0 Å². The average Bonchev–Trinajstić information content (AvgIpc) is 2.18. The number of hydrogen-bond donors (Lipinski definition) is 1. The lowest BCUT2D eigenvalue weighted by molar-refractivity contribution is -0.120. The Balaban J connectivity index is 2.37. The van der Waals surface area contributed by atoms with Crippen molar-refractivity contribution in [2.24, 2.45) is 11.8 Å². The maximum Gasteiger partial charge on any atom is 0.300 e. The fourth-order valence-electron chi connectivity index (χ4n) is 2.31. The Morgan fingerprint density at radius 2 is 2.27 bits per heavy atom. The van der Waals surface area contributed by atoms with Gasteiger partial charge in [-0.2, -0.15) is 0 Å². The van der Waals surface area contributed by atoms with E-state index < -0.39 is 0 Å². The molecule has 0 spiro atoms. The molecule has 0 heterocycles. The van der Waals surface area contributed by atoms with Gasteiger partial charge in [-0.3, -0.25) is 4.79 Å². The summed E-state index contributed by atoms with van der Waals surface area (Å²) in [6.45, 7) is 11.1. The highest BCUT2D eigenvalue weighted by Crippen LogP contribution is 2.29. The molecule has 84 valence electrons. The molecule has 3 heteroatoms. The van der Waals surface area contributed by atoms with Gasteiger partial charge >= 0.3 is 0 Å². The second-order valence-electron chi connectivity index (χ2n) is 4.75. The van der Waals surface area contributed by atoms with Crippen LogP contribution in [0.2, 0.25) is 0 Å². The molecule has 1 aliphatic rings. The van der Waals surface area contributed by atoms with Gasteiger partial charge < -0.3 is 10.2 Å². The number of nitrogens with one attached hydrogen (secondary N) is 1. The van der Waals surface area contributed by atoms with Crippen LogP contribution in [0.3, 0.4) is 0 Å². The van der Waals surface area contributed by atoms with Crippen LogP contribution < -0.4 is 5.32 Å². The summed E-state index contributed by atoms with van der Waals surface area (Å²) in [5, 5.41) is 2.95. The monoisotopic (exact) mass is 208 g/mol. The molecule has 1 fully saturated rings. The van der Waals surface area contributed by atoms with E-state index in [4.69, 9.17) is 6.57 Å². The first kappa shape index (κ1) is 12.0. The minimum atomic E-state index is -0.112. The van der Waals surface area contributed by atoms with Gasteiger partial charge in [0.25, 0.3) is 12.5 Å². The van der Waals surface area contributed by atoms with Gasteiger partial charge in [0.1, 0.15) is 0 Å². The van der Waals surface area contributed by atoms with E-state index >= 15 is 0 Å². The fraction of sp³-hybridized carbons (Fsp3) is 0.833. The Kier molecular flexibility index (Phi) is 4.61. The second-order valence-corrected chi connectivity index (χ2v) is 4.75. The number of amides is 1. The summed E-state index contributed by atoms with van der Waals surface area (Å²) in [4.78, 5) is 14.4. The fourth-order valence-corrected chi connectivity index (χ4v) is 2.31. The molecule has 0 aromatic rings. The Hall–Kier alpha value is -1.04. The molecule has 0 unspecified atom stereocenters. The summed E-state index contributed by atoms with van der Waals surface area (Å²) in [5.41, 5.74) is 0. The molecule has 0 radical (unpaired) electrons. The van der Waals surface area contributed by atoms with Crippen molar-refractivity contribution in [3.63, 3.8) is 0 Å². The molecule has 1 aliphatic carbocycles. The maximum absolute atomic E-state index is 11.3. The molecule has 1 N–H and O–H groups in total. The van der Waals surface area contributed by atoms with Crippen molar-refractivity contribution < 1.29 is 4.79 Å². The number of nitrogens with zero attached hydrogens (tertiary/aromatic N) is 1. The van der Waals surface area contributed by atoms with Crippen LogP contribution in [-0.4, -0.2) is 18.5 Å². The standard InChI is InChI=1S/C12H20N2O/c1-9(2)10-5-4-6-11(7-10)14-12(15)8-13-3/h9-11H,4-8H2,1-2H3,(H,14,15)/t10-,11-/m1/s1. The molecule has 0 bridgehead atoms. The van der Waals surface area contributed by atoms with Crippen LogP contribution in [0.5, 0.6) is 0 Å². The molecule has 0 aromatic carbocycles. The van der Waals surface area contributed by atoms with Gasteiger partial charge in [0, 0.05) is 6.04 Å². The van der Waals surface area contributed by atoms with E-state index in [1.165, 1.54) is 12.8 Å². The van der Waals surface area contributed by atoms with Crippen molar-refractivity contribution in [1.82, 2.24) is 5.32 Å². The van der Waals surface area contributed by atoms with Gasteiger partial charge in [-0.25, -0.2) is 6.57 Å². The quantitative estimate of drug-likeness (QED) is 0.709. The van der Waals surface area contributed by atoms with Crippen LogP contribution in [0.25, 0.3) is 4.85 Å². The Morgan fingerprint density at radius 1 is 1.53 bits per heavy atom. The van der Waals surface area contributed by atoms with Crippen LogP contribution in [0.1, 0.15) is 39.5 Å². The third-order valence-electron chi connectivity index (χ3n) is 3.25. The SMILES string of the molecule is [C-]#[N+]CC(=O)N[C@@H]1CCC[C@@H](C(C)C)C1. The lowest BCUT2D eigenvalue weighted by atomic mass is 9.79. The van der Waals surface area contributed by atoms with Crippen LogP contribution in [0, 0.1) is 18.4 Å². The maximum atomic E-state index is 11.3. The highest BCUT2D eigenvalue weighted by molar-refractivity contribution is 5.79. The molecule has 0 saturated heterocycles. The van der Waals surface area contributed by atoms with Gasteiger partial charge in [-0.05, 0) is 24.7 Å². The Bertz CT molecular complexity index is 255. The van der Waals surface area contributed by atoms with Crippen molar-refractivity contribution >= 4 is 5.91 Å². The zero-order valence-electron chi connectivity index (χ0n) is 9.62. The molecule has 1 amide bonds. The summed E-state index contributed by atoms with van der Waals surface area (Å²) in [7, 11) is 0. The van der Waals surface area contributed by atoms with Crippen molar-refractivity contribution in [2.45, 2.75) is 45.6 Å². The van der Waals surface area contributed by atoms with E-state index in [0.717, 1.165) is 18.8 Å². The molecule has 15 heavy (non-hydrogen) atoms. The van der Waals surface area contributed by atoms with Crippen LogP contribution in [0.15, 0.2) is 0 Å². The Morgan fingerprint density at radius 3 is 2.87 bits per heavy atom. The van der Waals surface area contributed by atoms with Crippen molar-refractivity contribution in [2.75, 3.05) is 6.54 Å². The number of hydrogen-bond acceptors (Lipinski definition) is 1. The van der Waals surface area contributed by atoms with Crippen LogP contribution in [-0.2, 0) is 4.79 Å². The summed E-state index contributed by atoms with van der Waals surface area (Å²) in [6.07, 6.45) is 4.65. The first-order valence-corrected chi connectivity index (χ1v) is 5.76. The molecule has 1 rings (SSSR count). The predicted octanol–water partition coefficient (Wildman–Crippen LogP) is 2.24. The molecule has 1 saturated carbocycles. The van der Waals surface area contributed by atoms with Gasteiger partial charge in [0.05, 0.1) is 0 Å². The average molecular weight is 208 g/mol. The van der Waals surface area contributed by atoms with Crippen LogP contribution >= 0.6 is 0 Å². The zero-order valence-corrected chi connectivity index (χ0v) is 9.62.